The van der Waals surface area contributed by atoms with Crippen molar-refractivity contribution in [3.63, 3.8) is 0 Å². The van der Waals surface area contributed by atoms with Gasteiger partial charge in [0.15, 0.2) is 6.10 Å². The van der Waals surface area contributed by atoms with Gasteiger partial charge in [0.25, 0.3) is 5.91 Å². The molecule has 0 fully saturated rings. The van der Waals surface area contributed by atoms with Gasteiger partial charge in [-0.1, -0.05) is 13.8 Å². The van der Waals surface area contributed by atoms with Crippen LogP contribution in [0.4, 0.5) is 5.69 Å². The van der Waals surface area contributed by atoms with Crippen molar-refractivity contribution in [1.82, 2.24) is 0 Å². The predicted octanol–water partition coefficient (Wildman–Crippen LogP) is 3.39. The Bertz CT molecular complexity index is 845. The van der Waals surface area contributed by atoms with Gasteiger partial charge < -0.3 is 20.5 Å². The summed E-state index contributed by atoms with van der Waals surface area (Å²) in [7, 11) is 0. The first-order valence-electron chi connectivity index (χ1n) is 9.41. The van der Waals surface area contributed by atoms with Crippen molar-refractivity contribution in [2.75, 3.05) is 11.9 Å². The average Bonchev–Trinajstić information content (AvgIpc) is 2.68. The molecule has 1 atom stereocenters. The molecule has 1 unspecified atom stereocenters. The number of carbonyl (C=O) groups is 3. The first kappa shape index (κ1) is 21.9. The van der Waals surface area contributed by atoms with E-state index in [1.165, 1.54) is 19.1 Å². The fourth-order valence-electron chi connectivity index (χ4n) is 2.34. The Labute approximate surface area is 170 Å². The zero-order valence-corrected chi connectivity index (χ0v) is 16.8. The smallest absolute Gasteiger partial charge is 0.338 e. The van der Waals surface area contributed by atoms with Crippen molar-refractivity contribution in [3.8, 4) is 5.75 Å². The monoisotopic (exact) mass is 398 g/mol. The van der Waals surface area contributed by atoms with E-state index in [0.29, 0.717) is 35.1 Å². The van der Waals surface area contributed by atoms with Crippen LogP contribution in [0.1, 0.15) is 47.9 Å². The van der Waals surface area contributed by atoms with Gasteiger partial charge in [0.1, 0.15) is 5.75 Å². The lowest BCUT2D eigenvalue weighted by Crippen LogP contribution is -2.30. The number of nitrogens with one attached hydrogen (secondary N) is 1. The Morgan fingerprint density at radius 2 is 1.52 bits per heavy atom. The third kappa shape index (κ3) is 6.95. The van der Waals surface area contributed by atoms with Crippen LogP contribution in [0.5, 0.6) is 5.75 Å². The van der Waals surface area contributed by atoms with Gasteiger partial charge in [0.2, 0.25) is 5.91 Å². The van der Waals surface area contributed by atoms with Crippen LogP contribution in [0.25, 0.3) is 0 Å². The molecule has 2 aromatic carbocycles. The van der Waals surface area contributed by atoms with E-state index in [-0.39, 0.29) is 0 Å². The van der Waals surface area contributed by atoms with Gasteiger partial charge in [-0.05, 0) is 67.8 Å². The molecule has 0 bridgehead atoms. The minimum Gasteiger partial charge on any atom is -0.494 e. The van der Waals surface area contributed by atoms with Crippen LogP contribution in [0.15, 0.2) is 48.5 Å². The van der Waals surface area contributed by atoms with Crippen molar-refractivity contribution in [2.24, 2.45) is 11.7 Å². The molecule has 0 saturated heterocycles. The van der Waals surface area contributed by atoms with Gasteiger partial charge in [-0.2, -0.15) is 0 Å². The molecule has 0 aliphatic heterocycles. The van der Waals surface area contributed by atoms with Crippen molar-refractivity contribution in [3.05, 3.63) is 59.7 Å². The van der Waals surface area contributed by atoms with Gasteiger partial charge in [-0.15, -0.1) is 0 Å². The third-order valence-electron chi connectivity index (χ3n) is 4.14. The SMILES string of the molecule is CC(C)CCOc1ccc(C(=O)OC(C)C(=O)Nc2ccc(C(N)=O)cc2)cc1. The lowest BCUT2D eigenvalue weighted by molar-refractivity contribution is -0.123. The summed E-state index contributed by atoms with van der Waals surface area (Å²) in [6, 6.07) is 12.7. The minimum atomic E-state index is -1.000. The molecule has 7 nitrogen and oxygen atoms in total. The zero-order chi connectivity index (χ0) is 21.4. The highest BCUT2D eigenvalue weighted by Gasteiger charge is 2.19. The molecule has 7 heteroatoms. The van der Waals surface area contributed by atoms with E-state index in [2.05, 4.69) is 19.2 Å². The normalized spacial score (nSPS) is 11.6. The molecular weight excluding hydrogens is 372 g/mol. The van der Waals surface area contributed by atoms with E-state index in [9.17, 15) is 14.4 Å². The lowest BCUT2D eigenvalue weighted by atomic mass is 10.1. The first-order chi connectivity index (χ1) is 13.8. The first-order valence-corrected chi connectivity index (χ1v) is 9.41. The molecule has 2 amide bonds. The topological polar surface area (TPSA) is 108 Å². The molecule has 0 aliphatic carbocycles. The van der Waals surface area contributed by atoms with Crippen LogP contribution in [-0.2, 0) is 9.53 Å². The quantitative estimate of drug-likeness (QED) is 0.630. The van der Waals surface area contributed by atoms with Gasteiger partial charge in [-0.25, -0.2) is 4.79 Å². The molecule has 29 heavy (non-hydrogen) atoms. The lowest BCUT2D eigenvalue weighted by Gasteiger charge is -2.14. The highest BCUT2D eigenvalue weighted by molar-refractivity contribution is 5.98. The van der Waals surface area contributed by atoms with Gasteiger partial charge >= 0.3 is 5.97 Å². The molecule has 0 aliphatic rings. The summed E-state index contributed by atoms with van der Waals surface area (Å²) in [5.74, 6) is -0.420. The molecule has 2 rings (SSSR count). The van der Waals surface area contributed by atoms with Gasteiger partial charge in [0, 0.05) is 11.3 Å². The second-order valence-electron chi connectivity index (χ2n) is 7.03. The molecule has 0 aromatic heterocycles. The summed E-state index contributed by atoms with van der Waals surface area (Å²) < 4.78 is 10.8. The van der Waals surface area contributed by atoms with E-state index >= 15 is 0 Å². The second kappa shape index (κ2) is 10.3. The van der Waals surface area contributed by atoms with E-state index in [4.69, 9.17) is 15.2 Å². The zero-order valence-electron chi connectivity index (χ0n) is 16.8. The predicted molar refractivity (Wildman–Crippen MR) is 110 cm³/mol. The second-order valence-corrected chi connectivity index (χ2v) is 7.03. The molecule has 3 N–H and O–H groups in total. The maximum Gasteiger partial charge on any atom is 0.338 e. The Kier molecular flexibility index (Phi) is 7.77. The molecule has 0 spiro atoms. The van der Waals surface area contributed by atoms with Crippen molar-refractivity contribution < 1.29 is 23.9 Å². The number of rotatable bonds is 9. The van der Waals surface area contributed by atoms with Crippen molar-refractivity contribution in [1.29, 1.82) is 0 Å². The number of anilines is 1. The summed E-state index contributed by atoms with van der Waals surface area (Å²) in [4.78, 5) is 35.5. The highest BCUT2D eigenvalue weighted by atomic mass is 16.5. The molecule has 0 heterocycles. The number of carbonyl (C=O) groups excluding carboxylic acids is 3. The number of hydrogen-bond donors (Lipinski definition) is 2. The summed E-state index contributed by atoms with van der Waals surface area (Å²) in [5.41, 5.74) is 6.30. The van der Waals surface area contributed by atoms with Gasteiger partial charge in [-0.3, -0.25) is 9.59 Å². The van der Waals surface area contributed by atoms with Crippen LogP contribution in [-0.4, -0.2) is 30.5 Å². The summed E-state index contributed by atoms with van der Waals surface area (Å²) in [5, 5.41) is 2.62. The van der Waals surface area contributed by atoms with E-state index in [1.54, 1.807) is 36.4 Å². The number of benzene rings is 2. The Hall–Kier alpha value is -3.35. The van der Waals surface area contributed by atoms with Crippen LogP contribution < -0.4 is 15.8 Å². The van der Waals surface area contributed by atoms with Crippen LogP contribution >= 0.6 is 0 Å². The molecular formula is C22H26N2O5. The van der Waals surface area contributed by atoms with E-state index < -0.39 is 23.9 Å². The van der Waals surface area contributed by atoms with E-state index in [0.717, 1.165) is 6.42 Å². The maximum absolute atomic E-state index is 12.3. The minimum absolute atomic E-state index is 0.326. The van der Waals surface area contributed by atoms with Crippen molar-refractivity contribution >= 4 is 23.5 Å². The molecule has 154 valence electrons. The fraction of sp³-hybridized carbons (Fsp3) is 0.318. The van der Waals surface area contributed by atoms with Crippen molar-refractivity contribution in [2.45, 2.75) is 33.3 Å². The fourth-order valence-corrected chi connectivity index (χ4v) is 2.34. The third-order valence-corrected chi connectivity index (χ3v) is 4.14. The Morgan fingerprint density at radius 1 is 0.931 bits per heavy atom. The number of esters is 1. The summed E-state index contributed by atoms with van der Waals surface area (Å²) in [6.07, 6.45) is -0.0536. The molecule has 0 saturated carbocycles. The summed E-state index contributed by atoms with van der Waals surface area (Å²) in [6.45, 7) is 6.33. The van der Waals surface area contributed by atoms with Crippen LogP contribution in [0, 0.1) is 5.92 Å². The largest absolute Gasteiger partial charge is 0.494 e. The number of amides is 2. The van der Waals surface area contributed by atoms with Crippen LogP contribution in [0.2, 0.25) is 0 Å². The number of hydrogen-bond acceptors (Lipinski definition) is 5. The summed E-state index contributed by atoms with van der Waals surface area (Å²) >= 11 is 0. The number of nitrogens with two attached hydrogens (primary N) is 1. The highest BCUT2D eigenvalue weighted by Crippen LogP contribution is 2.15. The standard InChI is InChI=1S/C22H26N2O5/c1-14(2)12-13-28-19-10-6-17(7-11-19)22(27)29-15(3)21(26)24-18-8-4-16(5-9-18)20(23)25/h4-11,14-15H,12-13H2,1-3H3,(H2,23,25)(H,24,26). The average molecular weight is 398 g/mol. The number of primary amides is 1. The van der Waals surface area contributed by atoms with E-state index in [1.807, 2.05) is 0 Å². The van der Waals surface area contributed by atoms with Gasteiger partial charge in [0.05, 0.1) is 12.2 Å². The molecule has 0 radical (unpaired) electrons. The maximum atomic E-state index is 12.3. The Balaban J connectivity index is 1.87. The number of ether oxygens (including phenoxy) is 2. The van der Waals surface area contributed by atoms with Crippen LogP contribution in [0.3, 0.4) is 0 Å². The Morgan fingerprint density at radius 3 is 2.07 bits per heavy atom. The molecule has 2 aromatic rings.